The molecule has 0 bridgehead atoms. The van der Waals surface area contributed by atoms with Gasteiger partial charge in [-0.05, 0) is 0 Å². The van der Waals surface area contributed by atoms with E-state index in [0.717, 1.165) is 0 Å². The molecule has 0 unspecified atom stereocenters. The Bertz CT molecular complexity index is 58.2. The van der Waals surface area contributed by atoms with Gasteiger partial charge in [-0.1, -0.05) is 0 Å². The summed E-state index contributed by atoms with van der Waals surface area (Å²) in [4.78, 5) is 3.00. The third kappa shape index (κ3) is 148. The third-order valence-electron chi connectivity index (χ3n) is 0. The molecule has 0 saturated heterocycles. The van der Waals surface area contributed by atoms with Crippen LogP contribution >= 0.6 is 0 Å². The minimum Gasteiger partial charge on any atom is -0.373 e. The first kappa shape index (κ1) is 16.2. The molecular weight excluding hydrogens is 192 g/mol. The van der Waals surface area contributed by atoms with Gasteiger partial charge in [0.2, 0.25) is 0 Å². The molecule has 0 amide bonds. The molecule has 0 aromatic rings. The van der Waals surface area contributed by atoms with Crippen LogP contribution in [0.2, 0.25) is 0 Å². The van der Waals surface area contributed by atoms with Gasteiger partial charge in [-0.3, -0.25) is 9.82 Å². The van der Waals surface area contributed by atoms with Gasteiger partial charge in [-0.15, -0.1) is 0 Å². The van der Waals surface area contributed by atoms with E-state index in [1.807, 2.05) is 0 Å². The van der Waals surface area contributed by atoms with Crippen LogP contribution in [0.25, 0.3) is 31.9 Å². The Morgan fingerprint density at radius 1 is 0.714 bits per heavy atom. The van der Waals surface area contributed by atoms with Gasteiger partial charge in [0, 0.05) is 22.4 Å². The molecule has 0 aliphatic heterocycles. The van der Waals surface area contributed by atoms with Crippen molar-refractivity contribution in [1.82, 2.24) is 0 Å². The molecule has 0 aliphatic carbocycles. The van der Waals surface area contributed by atoms with Crippen molar-refractivity contribution in [2.45, 2.75) is 0 Å². The Balaban J connectivity index is -0.0000000400. The van der Waals surface area contributed by atoms with Crippen LogP contribution in [-0.4, -0.2) is 0 Å². The summed E-state index contributed by atoms with van der Waals surface area (Å²) in [6, 6.07) is 0. The summed E-state index contributed by atoms with van der Waals surface area (Å²) in [7, 11) is 0. The summed E-state index contributed by atoms with van der Waals surface area (Å²) in [5.41, 5.74) is 27.0. The standard InChI is InChI=1S/Ag.2N3/c;2*1-3-2/q;2*-1. The normalized spacial score (nSPS) is 2.29. The largest absolute Gasteiger partial charge is 0.373 e. The van der Waals surface area contributed by atoms with Crippen molar-refractivity contribution in [3.05, 3.63) is 31.9 Å². The smallest absolute Gasteiger partial charge is 0 e. The summed E-state index contributed by atoms with van der Waals surface area (Å²) in [6.45, 7) is 0. The van der Waals surface area contributed by atoms with Crippen LogP contribution in [0, 0.1) is 0 Å². The predicted molar refractivity (Wildman–Crippen MR) is 20.2 cm³/mol. The molecule has 0 N–H and O–H groups in total. The second-order valence-electron chi connectivity index (χ2n) is 0.179. The van der Waals surface area contributed by atoms with E-state index in [4.69, 9.17) is 22.1 Å². The summed E-state index contributed by atoms with van der Waals surface area (Å²) in [5, 5.41) is 0. The van der Waals surface area contributed by atoms with Crippen LogP contribution in [-0.2, 0) is 22.4 Å². The quantitative estimate of drug-likeness (QED) is 0.240. The van der Waals surface area contributed by atoms with E-state index in [1.165, 1.54) is 9.82 Å². The van der Waals surface area contributed by atoms with Crippen LogP contribution in [0.1, 0.15) is 0 Å². The minimum absolute atomic E-state index is 0. The molecule has 0 aromatic heterocycles. The van der Waals surface area contributed by atoms with Crippen molar-refractivity contribution < 1.29 is 22.4 Å². The van der Waals surface area contributed by atoms with Gasteiger partial charge in [0.25, 0.3) is 0 Å². The Morgan fingerprint density at radius 3 is 0.714 bits per heavy atom. The number of hydrogen-bond donors (Lipinski definition) is 0. The Morgan fingerprint density at radius 2 is 0.714 bits per heavy atom. The maximum Gasteiger partial charge on any atom is 0 e. The van der Waals surface area contributed by atoms with Crippen molar-refractivity contribution >= 4 is 0 Å². The van der Waals surface area contributed by atoms with Gasteiger partial charge in [0.15, 0.2) is 0 Å². The molecule has 43 valence electrons. The Labute approximate surface area is 54.9 Å². The first-order valence-corrected chi connectivity index (χ1v) is 0.800. The molecule has 0 rings (SSSR count). The van der Waals surface area contributed by atoms with Crippen LogP contribution in [0.3, 0.4) is 0 Å². The first-order chi connectivity index (χ1) is 2.83. The molecule has 7 heteroatoms. The van der Waals surface area contributed by atoms with Crippen LogP contribution in [0.15, 0.2) is 0 Å². The number of hydrogen-bond acceptors (Lipinski definition) is 0. The van der Waals surface area contributed by atoms with Crippen molar-refractivity contribution in [1.29, 1.82) is 0 Å². The van der Waals surface area contributed by atoms with Crippen LogP contribution in [0.5, 0.6) is 0 Å². The van der Waals surface area contributed by atoms with E-state index in [1.54, 1.807) is 0 Å². The van der Waals surface area contributed by atoms with Crippen LogP contribution < -0.4 is 0 Å². The van der Waals surface area contributed by atoms with Gasteiger partial charge in [0.05, 0.1) is 0 Å². The molecule has 0 saturated carbocycles. The van der Waals surface area contributed by atoms with E-state index in [2.05, 4.69) is 0 Å². The Hall–Kier alpha value is -0.640. The maximum atomic E-state index is 6.75. The van der Waals surface area contributed by atoms with E-state index in [-0.39, 0.29) is 22.4 Å². The monoisotopic (exact) mass is 191 g/mol. The maximum absolute atomic E-state index is 6.75. The zero-order chi connectivity index (χ0) is 5.41. The average Bonchev–Trinajstić information content (AvgIpc) is 1.39. The fourth-order valence-electron chi connectivity index (χ4n) is 0. The summed E-state index contributed by atoms with van der Waals surface area (Å²) < 4.78 is 0. The fourth-order valence-corrected chi connectivity index (χ4v) is 0. The van der Waals surface area contributed by atoms with E-state index in [9.17, 15) is 0 Å². The van der Waals surface area contributed by atoms with Crippen molar-refractivity contribution in [2.75, 3.05) is 0 Å². The average molecular weight is 192 g/mol. The summed E-state index contributed by atoms with van der Waals surface area (Å²) in [5.74, 6) is 0. The molecule has 0 atom stereocenters. The first-order valence-electron chi connectivity index (χ1n) is 0.800. The third-order valence-corrected chi connectivity index (χ3v) is 0. The minimum atomic E-state index is 0. The zero-order valence-corrected chi connectivity index (χ0v) is 4.47. The van der Waals surface area contributed by atoms with Crippen molar-refractivity contribution in [2.24, 2.45) is 0 Å². The zero-order valence-electron chi connectivity index (χ0n) is 2.98. The molecule has 0 heterocycles. The molecule has 0 fully saturated rings. The van der Waals surface area contributed by atoms with Gasteiger partial charge in [-0.2, -0.15) is 0 Å². The summed E-state index contributed by atoms with van der Waals surface area (Å²) >= 11 is 0. The topological polar surface area (TPSA) is 117 Å². The SMILES string of the molecule is [Ag].[N-]=[N+]=[N-].[N-]=[N+]=[N-]. The van der Waals surface area contributed by atoms with Gasteiger partial charge >= 0.3 is 0 Å². The van der Waals surface area contributed by atoms with E-state index < -0.39 is 0 Å². The predicted octanol–water partition coefficient (Wildman–Crippen LogP) is 1.73. The van der Waals surface area contributed by atoms with Crippen molar-refractivity contribution in [3.8, 4) is 0 Å². The molecule has 6 nitrogen and oxygen atoms in total. The molecule has 0 aromatic carbocycles. The molecule has 0 spiro atoms. The number of nitrogens with zero attached hydrogens (tertiary/aromatic N) is 6. The summed E-state index contributed by atoms with van der Waals surface area (Å²) in [6.07, 6.45) is 0. The second kappa shape index (κ2) is 55.1. The Kier molecular flexibility index (Phi) is 127. The van der Waals surface area contributed by atoms with E-state index in [0.29, 0.717) is 0 Å². The van der Waals surface area contributed by atoms with Gasteiger partial charge in [-0.25, -0.2) is 0 Å². The van der Waals surface area contributed by atoms with Crippen LogP contribution in [0.4, 0.5) is 0 Å². The molecule has 1 radical (unpaired) electrons. The fraction of sp³-hybridized carbons (Fsp3) is 0. The van der Waals surface area contributed by atoms with Gasteiger partial charge < -0.3 is 22.1 Å². The second-order valence-corrected chi connectivity index (χ2v) is 0.179. The molecular formula is AgN6-2. The van der Waals surface area contributed by atoms with Crippen molar-refractivity contribution in [3.63, 3.8) is 0 Å². The molecule has 0 aliphatic rings. The number of rotatable bonds is 0. The van der Waals surface area contributed by atoms with E-state index >= 15 is 0 Å². The molecule has 7 heavy (non-hydrogen) atoms. The van der Waals surface area contributed by atoms with Gasteiger partial charge in [0.1, 0.15) is 0 Å².